The molecule has 5 rings (SSSR count). The number of carbonyl (C=O) groups is 1. The number of amides is 1. The molecule has 2 fully saturated rings. The Hall–Kier alpha value is -4.17. The number of carbonyl (C=O) groups excluding carboxylic acids is 1. The molecule has 1 amide bonds. The van der Waals surface area contributed by atoms with Gasteiger partial charge in [-0.2, -0.15) is 5.26 Å². The Morgan fingerprint density at radius 2 is 1.79 bits per heavy atom. The number of aryl methyl sites for hydroxylation is 1. The molecule has 1 aromatic heterocycles. The normalized spacial score (nSPS) is 16.1. The van der Waals surface area contributed by atoms with Gasteiger partial charge in [0.2, 0.25) is 0 Å². The smallest absolute Gasteiger partial charge is 0.410 e. The molecule has 42 heavy (non-hydrogen) atoms. The Labute approximate surface area is 244 Å². The minimum atomic E-state index is -0.769. The Morgan fingerprint density at radius 3 is 2.36 bits per heavy atom. The average Bonchev–Trinajstić information content (AvgIpc) is 2.88. The van der Waals surface area contributed by atoms with E-state index in [1.54, 1.807) is 17.9 Å². The van der Waals surface area contributed by atoms with Crippen LogP contribution in [-0.2, 0) is 4.74 Å². The molecule has 9 nitrogen and oxygen atoms in total. The molecule has 0 atom stereocenters. The van der Waals surface area contributed by atoms with E-state index in [2.05, 4.69) is 16.0 Å². The summed E-state index contributed by atoms with van der Waals surface area (Å²) < 4.78 is 37.0. The van der Waals surface area contributed by atoms with E-state index in [0.717, 1.165) is 0 Å². The maximum Gasteiger partial charge on any atom is 0.410 e. The van der Waals surface area contributed by atoms with Gasteiger partial charge >= 0.3 is 6.09 Å². The zero-order valence-electron chi connectivity index (χ0n) is 24.8. The van der Waals surface area contributed by atoms with Crippen molar-refractivity contribution < 1.29 is 23.4 Å². The van der Waals surface area contributed by atoms with Crippen LogP contribution in [0.2, 0.25) is 0 Å². The number of nitriles is 1. The third-order valence-electron chi connectivity index (χ3n) is 7.86. The van der Waals surface area contributed by atoms with Crippen molar-refractivity contribution in [2.24, 2.45) is 0 Å². The van der Waals surface area contributed by atoms with Crippen LogP contribution in [0.5, 0.6) is 5.75 Å². The number of rotatable bonds is 4. The largest absolute Gasteiger partial charge is 0.507 e. The maximum atomic E-state index is 16.5. The topological polar surface area (TPSA) is 96.2 Å². The summed E-state index contributed by atoms with van der Waals surface area (Å²) in [6.07, 6.45) is -0.408. The number of piperazine rings is 1. The second-order valence-corrected chi connectivity index (χ2v) is 12.2. The number of ether oxygens (including phenoxy) is 1. The van der Waals surface area contributed by atoms with Gasteiger partial charge in [-0.3, -0.25) is 0 Å². The van der Waals surface area contributed by atoms with Gasteiger partial charge in [0, 0.05) is 56.3 Å². The SMILES string of the molecule is Cc1cc2c(N3CCN(C(=O)OC(C)(C)C)CC3)c(C#N)c(N3CC(N(C)C)C3)nc2c(F)c1-c1c(O)cccc1F. The molecule has 0 spiro atoms. The van der Waals surface area contributed by atoms with Gasteiger partial charge in [-0.1, -0.05) is 6.07 Å². The number of likely N-dealkylation sites (N-methyl/N-ethyl adjacent to an activating group) is 1. The number of anilines is 2. The van der Waals surface area contributed by atoms with Crippen LogP contribution in [0.1, 0.15) is 31.9 Å². The summed E-state index contributed by atoms with van der Waals surface area (Å²) in [6, 6.07) is 8.13. The third kappa shape index (κ3) is 5.27. The lowest BCUT2D eigenvalue weighted by Gasteiger charge is -2.44. The highest BCUT2D eigenvalue weighted by molar-refractivity contribution is 6.01. The van der Waals surface area contributed by atoms with E-state index in [4.69, 9.17) is 4.74 Å². The van der Waals surface area contributed by atoms with Crippen LogP contribution in [-0.4, -0.2) is 91.0 Å². The molecule has 2 saturated heterocycles. The summed E-state index contributed by atoms with van der Waals surface area (Å²) in [7, 11) is 3.96. The zero-order valence-corrected chi connectivity index (χ0v) is 24.8. The average molecular weight is 579 g/mol. The van der Waals surface area contributed by atoms with Gasteiger partial charge < -0.3 is 29.4 Å². The molecule has 0 radical (unpaired) electrons. The van der Waals surface area contributed by atoms with Crippen LogP contribution < -0.4 is 9.80 Å². The number of halogens is 2. The van der Waals surface area contributed by atoms with E-state index in [-0.39, 0.29) is 28.4 Å². The fourth-order valence-electron chi connectivity index (χ4n) is 5.58. The Balaban J connectivity index is 1.64. The summed E-state index contributed by atoms with van der Waals surface area (Å²) in [5, 5.41) is 21.3. The van der Waals surface area contributed by atoms with Crippen molar-refractivity contribution in [2.75, 3.05) is 63.2 Å². The quantitative estimate of drug-likeness (QED) is 0.469. The molecule has 0 unspecified atom stereocenters. The first kappa shape index (κ1) is 29.3. The fraction of sp³-hybridized carbons (Fsp3) is 0.452. The number of phenolic OH excluding ortho intramolecular Hbond substituents is 1. The van der Waals surface area contributed by atoms with Crippen LogP contribution in [0.3, 0.4) is 0 Å². The van der Waals surface area contributed by atoms with Gasteiger partial charge in [-0.15, -0.1) is 0 Å². The molecule has 0 bridgehead atoms. The van der Waals surface area contributed by atoms with Crippen molar-refractivity contribution in [2.45, 2.75) is 39.3 Å². The molecule has 2 aromatic carbocycles. The Bertz CT molecular complexity index is 1560. The summed E-state index contributed by atoms with van der Waals surface area (Å²) in [6.45, 7) is 9.80. The number of pyridine rings is 1. The minimum Gasteiger partial charge on any atom is -0.507 e. The molecule has 0 aliphatic carbocycles. The predicted molar refractivity (Wildman–Crippen MR) is 158 cm³/mol. The molecule has 3 aromatic rings. The number of hydrogen-bond donors (Lipinski definition) is 1. The molecular formula is C31H36F2N6O3. The summed E-state index contributed by atoms with van der Waals surface area (Å²) in [5.74, 6) is -1.53. The van der Waals surface area contributed by atoms with Crippen LogP contribution in [0.25, 0.3) is 22.0 Å². The van der Waals surface area contributed by atoms with Gasteiger partial charge in [0.1, 0.15) is 40.1 Å². The standard InChI is InChI=1S/C31H36F2N6O3/c1-18-14-20-27(26(33)24(18)25-22(32)8-7-9-23(25)40)35-29(39-16-19(17-39)36(5)6)21(15-34)28(20)37-10-12-38(13-11-37)30(41)42-31(2,3)4/h7-9,14,19,40H,10-13,16-17H2,1-6H3. The van der Waals surface area contributed by atoms with Gasteiger partial charge in [0.05, 0.1) is 11.3 Å². The predicted octanol–water partition coefficient (Wildman–Crippen LogP) is 4.87. The molecule has 1 N–H and O–H groups in total. The highest BCUT2D eigenvalue weighted by atomic mass is 19.1. The molecular weight excluding hydrogens is 542 g/mol. The number of aromatic hydroxyl groups is 1. The van der Waals surface area contributed by atoms with Crippen LogP contribution in [0.15, 0.2) is 24.3 Å². The van der Waals surface area contributed by atoms with Crippen LogP contribution in [0, 0.1) is 29.9 Å². The van der Waals surface area contributed by atoms with E-state index in [1.165, 1.54) is 18.2 Å². The molecule has 3 heterocycles. The lowest BCUT2D eigenvalue weighted by molar-refractivity contribution is 0.0240. The van der Waals surface area contributed by atoms with E-state index in [1.807, 2.05) is 44.7 Å². The van der Waals surface area contributed by atoms with Gasteiger partial charge in [0.25, 0.3) is 0 Å². The van der Waals surface area contributed by atoms with E-state index in [0.29, 0.717) is 67.3 Å². The summed E-state index contributed by atoms with van der Waals surface area (Å²) in [5.41, 5.74) is 0.309. The summed E-state index contributed by atoms with van der Waals surface area (Å²) >= 11 is 0. The van der Waals surface area contributed by atoms with Crippen molar-refractivity contribution in [1.82, 2.24) is 14.8 Å². The van der Waals surface area contributed by atoms with E-state index in [9.17, 15) is 19.6 Å². The molecule has 2 aliphatic heterocycles. The first-order valence-electron chi connectivity index (χ1n) is 14.0. The van der Waals surface area contributed by atoms with Crippen molar-refractivity contribution in [3.63, 3.8) is 0 Å². The molecule has 2 aliphatic rings. The van der Waals surface area contributed by atoms with Gasteiger partial charge in [-0.05, 0) is 65.6 Å². The second-order valence-electron chi connectivity index (χ2n) is 12.2. The zero-order chi connectivity index (χ0) is 30.5. The number of aromatic nitrogens is 1. The van der Waals surface area contributed by atoms with Gasteiger partial charge in [-0.25, -0.2) is 18.6 Å². The number of phenols is 1. The summed E-state index contributed by atoms with van der Waals surface area (Å²) in [4.78, 5) is 25.0. The highest BCUT2D eigenvalue weighted by Crippen LogP contribution is 2.44. The number of fused-ring (bicyclic) bond motifs is 1. The van der Waals surface area contributed by atoms with Crippen molar-refractivity contribution in [3.8, 4) is 22.9 Å². The number of nitrogens with zero attached hydrogens (tertiary/aromatic N) is 6. The van der Waals surface area contributed by atoms with Crippen molar-refractivity contribution >= 4 is 28.5 Å². The van der Waals surface area contributed by atoms with E-state index >= 15 is 4.39 Å². The fourth-order valence-corrected chi connectivity index (χ4v) is 5.58. The van der Waals surface area contributed by atoms with Crippen molar-refractivity contribution in [1.29, 1.82) is 5.26 Å². The van der Waals surface area contributed by atoms with Crippen molar-refractivity contribution in [3.05, 3.63) is 47.0 Å². The third-order valence-corrected chi connectivity index (χ3v) is 7.86. The van der Waals surface area contributed by atoms with Crippen LogP contribution >= 0.6 is 0 Å². The molecule has 0 saturated carbocycles. The lowest BCUT2D eigenvalue weighted by Crippen LogP contribution is -2.58. The van der Waals surface area contributed by atoms with E-state index < -0.39 is 23.3 Å². The van der Waals surface area contributed by atoms with Crippen LogP contribution in [0.4, 0.5) is 25.1 Å². The number of hydrogen-bond acceptors (Lipinski definition) is 8. The monoisotopic (exact) mass is 578 g/mol. The Morgan fingerprint density at radius 1 is 1.12 bits per heavy atom. The van der Waals surface area contributed by atoms with Gasteiger partial charge in [0.15, 0.2) is 5.82 Å². The lowest BCUT2D eigenvalue weighted by atomic mass is 9.94. The second kappa shape index (κ2) is 10.9. The first-order valence-corrected chi connectivity index (χ1v) is 14.0. The number of benzene rings is 2. The first-order chi connectivity index (χ1) is 19.8. The molecule has 222 valence electrons. The Kier molecular flexibility index (Phi) is 7.62. The minimum absolute atomic E-state index is 0.00914. The highest BCUT2D eigenvalue weighted by Gasteiger charge is 2.35. The maximum absolute atomic E-state index is 16.5. The molecule has 11 heteroatoms.